The van der Waals surface area contributed by atoms with Crippen molar-refractivity contribution in [1.82, 2.24) is 0 Å². The second kappa shape index (κ2) is 15.1. The van der Waals surface area contributed by atoms with E-state index in [9.17, 15) is 24.9 Å². The van der Waals surface area contributed by atoms with Crippen molar-refractivity contribution in [2.24, 2.45) is 0 Å². The van der Waals surface area contributed by atoms with Crippen LogP contribution in [-0.4, -0.2) is 60.4 Å². The molecule has 0 unspecified atom stereocenters. The van der Waals surface area contributed by atoms with Gasteiger partial charge in [0.15, 0.2) is 11.6 Å². The summed E-state index contributed by atoms with van der Waals surface area (Å²) in [5.74, 6) is -0.158. The molecule has 0 aliphatic rings. The normalized spacial score (nSPS) is 11.2. The molecule has 0 aliphatic heterocycles. The van der Waals surface area contributed by atoms with Crippen LogP contribution in [0.5, 0.6) is 34.5 Å². The number of ketones is 2. The van der Waals surface area contributed by atoms with Crippen LogP contribution in [0.15, 0.2) is 97.1 Å². The number of hydrogen-bond acceptors (Lipinski definition) is 9. The quantitative estimate of drug-likeness (QED) is 0.123. The van der Waals surface area contributed by atoms with Crippen LogP contribution in [0.1, 0.15) is 31.8 Å². The first kappa shape index (κ1) is 31.4. The van der Waals surface area contributed by atoms with Crippen LogP contribution in [0, 0.1) is 0 Å². The third-order valence-corrected chi connectivity index (χ3v) is 6.41. The van der Waals surface area contributed by atoms with E-state index in [4.69, 9.17) is 18.9 Å². The van der Waals surface area contributed by atoms with Gasteiger partial charge in [0.25, 0.3) is 0 Å². The van der Waals surface area contributed by atoms with Crippen molar-refractivity contribution in [3.05, 3.63) is 119 Å². The van der Waals surface area contributed by atoms with E-state index in [0.29, 0.717) is 11.5 Å². The Balaban J connectivity index is 1.40. The van der Waals surface area contributed by atoms with Gasteiger partial charge < -0.3 is 34.3 Å². The molecule has 0 radical (unpaired) electrons. The van der Waals surface area contributed by atoms with Crippen LogP contribution < -0.4 is 18.9 Å². The minimum Gasteiger partial charge on any atom is -0.507 e. The predicted molar refractivity (Wildman–Crippen MR) is 166 cm³/mol. The topological polar surface area (TPSA) is 132 Å². The maximum Gasteiger partial charge on any atom is 0.193 e. The van der Waals surface area contributed by atoms with E-state index >= 15 is 0 Å². The molecule has 226 valence electrons. The Morgan fingerprint density at radius 1 is 0.659 bits per heavy atom. The maximum absolute atomic E-state index is 13.0. The number of carbonyl (C=O) groups excluding carboxylic acids is 2. The molecule has 4 rings (SSSR count). The molecular formula is C35H32O9. The summed E-state index contributed by atoms with van der Waals surface area (Å²) in [6.07, 6.45) is 4.59. The number of phenolic OH excluding ortho intramolecular Hbond substituents is 2. The average Bonchev–Trinajstić information content (AvgIpc) is 3.04. The van der Waals surface area contributed by atoms with Crippen LogP contribution >= 0.6 is 0 Å². The molecule has 0 aromatic heterocycles. The molecule has 4 aromatic carbocycles. The Kier molecular flexibility index (Phi) is 10.8. The molecule has 0 bridgehead atoms. The van der Waals surface area contributed by atoms with Gasteiger partial charge >= 0.3 is 0 Å². The highest BCUT2D eigenvalue weighted by molar-refractivity contribution is 6.11. The fourth-order valence-electron chi connectivity index (χ4n) is 4.20. The van der Waals surface area contributed by atoms with Crippen molar-refractivity contribution in [1.29, 1.82) is 0 Å². The molecule has 0 amide bonds. The summed E-state index contributed by atoms with van der Waals surface area (Å²) in [6, 6.07) is 23.0. The number of hydrogen-bond donors (Lipinski definition) is 3. The van der Waals surface area contributed by atoms with Gasteiger partial charge in [-0.05, 0) is 71.8 Å². The lowest BCUT2D eigenvalue weighted by atomic mass is 10.1. The zero-order chi connectivity index (χ0) is 31.5. The van der Waals surface area contributed by atoms with Gasteiger partial charge in [-0.1, -0.05) is 48.6 Å². The smallest absolute Gasteiger partial charge is 0.193 e. The third-order valence-electron chi connectivity index (χ3n) is 6.41. The van der Waals surface area contributed by atoms with Crippen LogP contribution in [0.2, 0.25) is 0 Å². The average molecular weight is 597 g/mol. The predicted octanol–water partition coefficient (Wildman–Crippen LogP) is 5.73. The van der Waals surface area contributed by atoms with E-state index in [1.807, 2.05) is 0 Å². The first-order chi connectivity index (χ1) is 21.3. The molecule has 9 nitrogen and oxygen atoms in total. The number of ether oxygens (including phenoxy) is 4. The van der Waals surface area contributed by atoms with Gasteiger partial charge in [0, 0.05) is 0 Å². The number of methoxy groups -OCH3 is 2. The number of aromatic hydroxyl groups is 2. The van der Waals surface area contributed by atoms with Gasteiger partial charge in [-0.25, -0.2) is 0 Å². The fourth-order valence-corrected chi connectivity index (χ4v) is 4.20. The molecule has 0 spiro atoms. The van der Waals surface area contributed by atoms with E-state index in [2.05, 4.69) is 0 Å². The SMILES string of the molecule is COc1cccc(/C=C/C(=O)c2c(O)cccc2OCC(O)COc2cccc(O)c2C(=O)/C=C/c2cccc(OC)c2)c1. The van der Waals surface area contributed by atoms with Gasteiger partial charge in [-0.15, -0.1) is 0 Å². The summed E-state index contributed by atoms with van der Waals surface area (Å²) in [4.78, 5) is 25.9. The van der Waals surface area contributed by atoms with E-state index in [1.165, 1.54) is 48.6 Å². The Morgan fingerprint density at radius 3 is 1.48 bits per heavy atom. The Bertz CT molecular complexity index is 1550. The van der Waals surface area contributed by atoms with Crippen molar-refractivity contribution < 1.29 is 43.9 Å². The monoisotopic (exact) mass is 596 g/mol. The van der Waals surface area contributed by atoms with Crippen molar-refractivity contribution in [3.63, 3.8) is 0 Å². The summed E-state index contributed by atoms with van der Waals surface area (Å²) in [7, 11) is 3.09. The number of carbonyl (C=O) groups is 2. The largest absolute Gasteiger partial charge is 0.507 e. The second-order valence-electron chi connectivity index (χ2n) is 9.52. The highest BCUT2D eigenvalue weighted by atomic mass is 16.5. The fraction of sp³-hybridized carbons (Fsp3) is 0.143. The van der Waals surface area contributed by atoms with Gasteiger partial charge in [0.1, 0.15) is 64.9 Å². The lowest BCUT2D eigenvalue weighted by Gasteiger charge is -2.17. The maximum atomic E-state index is 13.0. The number of aliphatic hydroxyl groups excluding tert-OH is 1. The van der Waals surface area contributed by atoms with Crippen LogP contribution in [0.3, 0.4) is 0 Å². The molecular weight excluding hydrogens is 564 g/mol. The highest BCUT2D eigenvalue weighted by Gasteiger charge is 2.19. The van der Waals surface area contributed by atoms with Crippen molar-refractivity contribution in [3.8, 4) is 34.5 Å². The molecule has 0 aliphatic carbocycles. The molecule has 4 aromatic rings. The number of benzene rings is 4. The number of allylic oxidation sites excluding steroid dienone is 2. The van der Waals surface area contributed by atoms with E-state index in [0.717, 1.165) is 11.1 Å². The lowest BCUT2D eigenvalue weighted by Crippen LogP contribution is -2.26. The lowest BCUT2D eigenvalue weighted by molar-refractivity contribution is 0.0614. The third kappa shape index (κ3) is 8.27. The molecule has 0 fully saturated rings. The van der Waals surface area contributed by atoms with Gasteiger partial charge in [0.05, 0.1) is 14.2 Å². The molecule has 0 heterocycles. The van der Waals surface area contributed by atoms with E-state index in [-0.39, 0.29) is 47.3 Å². The zero-order valence-electron chi connectivity index (χ0n) is 24.2. The van der Waals surface area contributed by atoms with Gasteiger partial charge in [0.2, 0.25) is 0 Å². The highest BCUT2D eigenvalue weighted by Crippen LogP contribution is 2.30. The standard InChI is InChI=1S/C35H32O9/c1-41-26-9-3-7-23(19-26)15-17-30(39)34-28(37)11-5-13-32(34)43-21-25(36)22-44-33-14-6-12-29(38)35(33)31(40)18-16-24-8-4-10-27(20-24)42-2/h3-20,25,36-38H,21-22H2,1-2H3/b17-15+,18-16+. The minimum atomic E-state index is -1.19. The van der Waals surface area contributed by atoms with E-state index in [1.54, 1.807) is 74.9 Å². The van der Waals surface area contributed by atoms with Gasteiger partial charge in [-0.3, -0.25) is 9.59 Å². The number of rotatable bonds is 14. The second-order valence-corrected chi connectivity index (χ2v) is 9.52. The minimum absolute atomic E-state index is 0.0662. The molecule has 0 saturated heterocycles. The van der Waals surface area contributed by atoms with Crippen LogP contribution in [0.4, 0.5) is 0 Å². The van der Waals surface area contributed by atoms with E-state index < -0.39 is 17.7 Å². The Labute approximate surface area is 254 Å². The summed E-state index contributed by atoms with van der Waals surface area (Å²) < 4.78 is 21.8. The van der Waals surface area contributed by atoms with Crippen LogP contribution in [-0.2, 0) is 0 Å². The summed E-state index contributed by atoms with van der Waals surface area (Å²) in [5.41, 5.74) is 1.32. The summed E-state index contributed by atoms with van der Waals surface area (Å²) in [5, 5.41) is 31.4. The molecule has 3 N–H and O–H groups in total. The van der Waals surface area contributed by atoms with Crippen molar-refractivity contribution in [2.75, 3.05) is 27.4 Å². The summed E-state index contributed by atoms with van der Waals surface area (Å²) in [6.45, 7) is -0.581. The molecule has 9 heteroatoms. The first-order valence-corrected chi connectivity index (χ1v) is 13.6. The summed E-state index contributed by atoms with van der Waals surface area (Å²) >= 11 is 0. The number of aliphatic hydroxyl groups is 1. The zero-order valence-corrected chi connectivity index (χ0v) is 24.2. The van der Waals surface area contributed by atoms with Crippen molar-refractivity contribution >= 4 is 23.7 Å². The van der Waals surface area contributed by atoms with Gasteiger partial charge in [-0.2, -0.15) is 0 Å². The Hall–Kier alpha value is -5.54. The van der Waals surface area contributed by atoms with Crippen LogP contribution in [0.25, 0.3) is 12.2 Å². The molecule has 0 atom stereocenters. The van der Waals surface area contributed by atoms with Crippen molar-refractivity contribution in [2.45, 2.75) is 6.10 Å². The number of phenols is 2. The molecule has 0 saturated carbocycles. The molecule has 44 heavy (non-hydrogen) atoms. The Morgan fingerprint density at radius 2 is 1.07 bits per heavy atom. The first-order valence-electron chi connectivity index (χ1n) is 13.6.